The van der Waals surface area contributed by atoms with E-state index in [1.807, 2.05) is 48.7 Å². The SMILES string of the molecule is COCc1nc(Nc2ccc(C(C)(C)C)nc2)c2ccc(-c3ncccc3Cl)cc2n1. The zero-order valence-electron chi connectivity index (χ0n) is 18.0. The summed E-state index contributed by atoms with van der Waals surface area (Å²) in [5.74, 6) is 1.28. The molecule has 0 atom stereocenters. The molecule has 1 aromatic carbocycles. The summed E-state index contributed by atoms with van der Waals surface area (Å²) in [6, 6.07) is 13.6. The van der Waals surface area contributed by atoms with Crippen LogP contribution in [-0.4, -0.2) is 27.0 Å². The monoisotopic (exact) mass is 433 g/mol. The Morgan fingerprint density at radius 2 is 1.87 bits per heavy atom. The van der Waals surface area contributed by atoms with Gasteiger partial charge in [-0.3, -0.25) is 9.97 Å². The van der Waals surface area contributed by atoms with E-state index in [4.69, 9.17) is 16.3 Å². The molecule has 7 heteroatoms. The van der Waals surface area contributed by atoms with Crippen LogP contribution in [0, 0.1) is 0 Å². The van der Waals surface area contributed by atoms with Gasteiger partial charge in [0, 0.05) is 35.4 Å². The number of nitrogens with one attached hydrogen (secondary N) is 1. The number of nitrogens with zero attached hydrogens (tertiary/aromatic N) is 4. The fraction of sp³-hybridized carbons (Fsp3) is 0.250. The van der Waals surface area contributed by atoms with Crippen molar-refractivity contribution < 1.29 is 4.74 Å². The smallest absolute Gasteiger partial charge is 0.157 e. The molecule has 0 aliphatic rings. The summed E-state index contributed by atoms with van der Waals surface area (Å²) in [4.78, 5) is 18.3. The molecule has 0 amide bonds. The van der Waals surface area contributed by atoms with Crippen LogP contribution in [0.2, 0.25) is 5.02 Å². The molecule has 0 unspecified atom stereocenters. The minimum atomic E-state index is -0.00503. The third-order valence-corrected chi connectivity index (χ3v) is 5.15. The van der Waals surface area contributed by atoms with E-state index in [0.717, 1.165) is 33.5 Å². The molecular formula is C24H24ClN5O. The van der Waals surface area contributed by atoms with Gasteiger partial charge in [0.05, 0.1) is 28.1 Å². The molecule has 0 fully saturated rings. The third-order valence-electron chi connectivity index (χ3n) is 4.84. The first kappa shape index (κ1) is 21.2. The first-order valence-corrected chi connectivity index (χ1v) is 10.4. The Labute approximate surface area is 186 Å². The van der Waals surface area contributed by atoms with E-state index in [9.17, 15) is 0 Å². The molecule has 4 aromatic rings. The lowest BCUT2D eigenvalue weighted by molar-refractivity contribution is 0.178. The van der Waals surface area contributed by atoms with E-state index < -0.39 is 0 Å². The number of benzene rings is 1. The van der Waals surface area contributed by atoms with Gasteiger partial charge in [0.15, 0.2) is 5.82 Å². The van der Waals surface area contributed by atoms with Gasteiger partial charge in [-0.05, 0) is 36.4 Å². The third kappa shape index (κ3) is 4.65. The summed E-state index contributed by atoms with van der Waals surface area (Å²) in [5, 5.41) is 4.86. The van der Waals surface area contributed by atoms with Crippen LogP contribution in [0.1, 0.15) is 32.3 Å². The molecule has 0 spiro atoms. The second kappa shape index (κ2) is 8.57. The summed E-state index contributed by atoms with van der Waals surface area (Å²) in [7, 11) is 1.62. The Kier molecular flexibility index (Phi) is 5.85. The highest BCUT2D eigenvalue weighted by Crippen LogP contribution is 2.31. The Morgan fingerprint density at radius 3 is 2.55 bits per heavy atom. The second-order valence-corrected chi connectivity index (χ2v) is 8.70. The van der Waals surface area contributed by atoms with Gasteiger partial charge in [0.2, 0.25) is 0 Å². The number of methoxy groups -OCH3 is 1. The first-order valence-electron chi connectivity index (χ1n) is 9.99. The molecule has 0 radical (unpaired) electrons. The average Bonchev–Trinajstić information content (AvgIpc) is 2.74. The molecule has 0 aliphatic heterocycles. The van der Waals surface area contributed by atoms with Gasteiger partial charge in [-0.15, -0.1) is 0 Å². The predicted octanol–water partition coefficient (Wildman–Crippen LogP) is 5.93. The molecule has 0 bridgehead atoms. The summed E-state index contributed by atoms with van der Waals surface area (Å²) >= 11 is 6.34. The van der Waals surface area contributed by atoms with Crippen molar-refractivity contribution in [2.45, 2.75) is 32.8 Å². The summed E-state index contributed by atoms with van der Waals surface area (Å²) in [5.41, 5.74) is 4.27. The van der Waals surface area contributed by atoms with Gasteiger partial charge in [0.1, 0.15) is 12.4 Å². The fourth-order valence-corrected chi connectivity index (χ4v) is 3.49. The number of hydrogen-bond donors (Lipinski definition) is 1. The molecule has 6 nitrogen and oxygen atoms in total. The largest absolute Gasteiger partial charge is 0.377 e. The van der Waals surface area contributed by atoms with Gasteiger partial charge in [-0.2, -0.15) is 0 Å². The maximum absolute atomic E-state index is 6.34. The summed E-state index contributed by atoms with van der Waals surface area (Å²) < 4.78 is 5.27. The minimum Gasteiger partial charge on any atom is -0.377 e. The molecule has 158 valence electrons. The van der Waals surface area contributed by atoms with Crippen molar-refractivity contribution >= 4 is 34.0 Å². The highest BCUT2D eigenvalue weighted by atomic mass is 35.5. The predicted molar refractivity (Wildman–Crippen MR) is 125 cm³/mol. The van der Waals surface area contributed by atoms with Crippen LogP contribution in [-0.2, 0) is 16.8 Å². The number of fused-ring (bicyclic) bond motifs is 1. The second-order valence-electron chi connectivity index (χ2n) is 8.29. The van der Waals surface area contributed by atoms with Crippen LogP contribution >= 0.6 is 11.6 Å². The number of ether oxygens (including phenoxy) is 1. The van der Waals surface area contributed by atoms with Crippen LogP contribution in [0.5, 0.6) is 0 Å². The van der Waals surface area contributed by atoms with E-state index in [1.165, 1.54) is 0 Å². The Hall–Kier alpha value is -3.09. The van der Waals surface area contributed by atoms with Crippen LogP contribution in [0.4, 0.5) is 11.5 Å². The van der Waals surface area contributed by atoms with Crippen molar-refractivity contribution in [2.75, 3.05) is 12.4 Å². The zero-order chi connectivity index (χ0) is 22.0. The van der Waals surface area contributed by atoms with E-state index in [2.05, 4.69) is 46.0 Å². The topological polar surface area (TPSA) is 72.8 Å². The standard InChI is InChI=1S/C24H24ClN5O/c1-24(2,3)20-10-8-16(13-27-20)28-23-17-9-7-15(22-18(25)6-5-11-26-22)12-19(17)29-21(30-23)14-31-4/h5-13H,14H2,1-4H3,(H,28,29,30). The Balaban J connectivity index is 1.76. The maximum Gasteiger partial charge on any atom is 0.157 e. The van der Waals surface area contributed by atoms with Crippen molar-refractivity contribution in [3.8, 4) is 11.3 Å². The molecule has 0 saturated heterocycles. The molecule has 31 heavy (non-hydrogen) atoms. The van der Waals surface area contributed by atoms with Crippen molar-refractivity contribution in [3.63, 3.8) is 0 Å². The highest BCUT2D eigenvalue weighted by molar-refractivity contribution is 6.33. The van der Waals surface area contributed by atoms with E-state index in [-0.39, 0.29) is 5.41 Å². The van der Waals surface area contributed by atoms with Gasteiger partial charge in [0.25, 0.3) is 0 Å². The van der Waals surface area contributed by atoms with Crippen LogP contribution in [0.25, 0.3) is 22.2 Å². The number of rotatable bonds is 5. The van der Waals surface area contributed by atoms with E-state index in [1.54, 1.807) is 13.3 Å². The zero-order valence-corrected chi connectivity index (χ0v) is 18.7. The summed E-state index contributed by atoms with van der Waals surface area (Å²) in [6.07, 6.45) is 3.55. The number of aromatic nitrogens is 4. The number of halogens is 1. The van der Waals surface area contributed by atoms with Crippen LogP contribution in [0.15, 0.2) is 54.9 Å². The fourth-order valence-electron chi connectivity index (χ4n) is 3.26. The van der Waals surface area contributed by atoms with Crippen LogP contribution in [0.3, 0.4) is 0 Å². The number of hydrogen-bond acceptors (Lipinski definition) is 6. The Morgan fingerprint density at radius 1 is 1.03 bits per heavy atom. The molecule has 3 aromatic heterocycles. The lowest BCUT2D eigenvalue weighted by Crippen LogP contribution is -2.13. The van der Waals surface area contributed by atoms with Gasteiger partial charge in [-0.1, -0.05) is 38.4 Å². The maximum atomic E-state index is 6.34. The van der Waals surface area contributed by atoms with Gasteiger partial charge in [-0.25, -0.2) is 9.97 Å². The van der Waals surface area contributed by atoms with Crippen molar-refractivity contribution in [2.24, 2.45) is 0 Å². The summed E-state index contributed by atoms with van der Waals surface area (Å²) in [6.45, 7) is 6.73. The number of anilines is 2. The van der Waals surface area contributed by atoms with E-state index in [0.29, 0.717) is 23.3 Å². The Bertz CT molecular complexity index is 1220. The normalized spacial score (nSPS) is 11.6. The quantitative estimate of drug-likeness (QED) is 0.420. The number of pyridine rings is 2. The molecule has 3 heterocycles. The minimum absolute atomic E-state index is 0.00503. The lowest BCUT2D eigenvalue weighted by atomic mass is 9.92. The molecule has 1 N–H and O–H groups in total. The molecule has 0 aliphatic carbocycles. The first-order chi connectivity index (χ1) is 14.8. The molecule has 0 saturated carbocycles. The average molecular weight is 434 g/mol. The van der Waals surface area contributed by atoms with Crippen molar-refractivity contribution in [3.05, 3.63) is 71.4 Å². The molecular weight excluding hydrogens is 410 g/mol. The van der Waals surface area contributed by atoms with Crippen molar-refractivity contribution in [1.29, 1.82) is 0 Å². The van der Waals surface area contributed by atoms with E-state index >= 15 is 0 Å². The van der Waals surface area contributed by atoms with Crippen LogP contribution < -0.4 is 5.32 Å². The van der Waals surface area contributed by atoms with Gasteiger partial charge < -0.3 is 10.1 Å². The van der Waals surface area contributed by atoms with Gasteiger partial charge >= 0.3 is 0 Å². The highest BCUT2D eigenvalue weighted by Gasteiger charge is 2.16. The van der Waals surface area contributed by atoms with Crippen molar-refractivity contribution in [1.82, 2.24) is 19.9 Å². The molecule has 4 rings (SSSR count). The lowest BCUT2D eigenvalue weighted by Gasteiger charge is -2.18.